The van der Waals surface area contributed by atoms with Crippen LogP contribution >= 0.6 is 0 Å². The van der Waals surface area contributed by atoms with Gasteiger partial charge in [-0.25, -0.2) is 0 Å². The Balaban J connectivity index is 2.14. The van der Waals surface area contributed by atoms with E-state index in [0.717, 1.165) is 32.1 Å². The van der Waals surface area contributed by atoms with Crippen LogP contribution < -0.4 is 0 Å². The molecule has 0 aromatic carbocycles. The number of aliphatic hydroxyl groups excluding tert-OH is 1. The number of rotatable bonds is 2. The van der Waals surface area contributed by atoms with E-state index in [-0.39, 0.29) is 18.4 Å². The molecule has 3 fully saturated rings. The summed E-state index contributed by atoms with van der Waals surface area (Å²) in [5, 5.41) is 19.8. The third-order valence-corrected chi connectivity index (χ3v) is 6.43. The molecule has 1 saturated heterocycles. The summed E-state index contributed by atoms with van der Waals surface area (Å²) in [6.45, 7) is 4.24. The largest absolute Gasteiger partial charge is 0.481 e. The quantitative estimate of drug-likeness (QED) is 0.817. The summed E-state index contributed by atoms with van der Waals surface area (Å²) in [4.78, 5) is 12.2. The molecule has 0 amide bonds. The van der Waals surface area contributed by atoms with Crippen molar-refractivity contribution in [3.8, 4) is 0 Å². The Morgan fingerprint density at radius 2 is 1.85 bits per heavy atom. The maximum absolute atomic E-state index is 12.2. The van der Waals surface area contributed by atoms with Crippen LogP contribution in [-0.4, -0.2) is 34.0 Å². The predicted octanol–water partition coefficient (Wildman–Crippen LogP) is 2.59. The van der Waals surface area contributed by atoms with Gasteiger partial charge in [0.25, 0.3) is 0 Å². The van der Waals surface area contributed by atoms with Crippen molar-refractivity contribution >= 4 is 5.97 Å². The smallest absolute Gasteiger partial charge is 0.312 e. The van der Waals surface area contributed by atoms with Crippen LogP contribution in [0.3, 0.4) is 0 Å². The van der Waals surface area contributed by atoms with Gasteiger partial charge in [0.1, 0.15) is 5.41 Å². The third kappa shape index (κ3) is 1.52. The van der Waals surface area contributed by atoms with Crippen LogP contribution in [0.2, 0.25) is 0 Å². The van der Waals surface area contributed by atoms with Crippen molar-refractivity contribution in [3.63, 3.8) is 0 Å². The van der Waals surface area contributed by atoms with E-state index in [1.807, 2.05) is 0 Å². The molecule has 4 atom stereocenters. The second-order valence-electron chi connectivity index (χ2n) is 7.39. The third-order valence-electron chi connectivity index (χ3n) is 6.43. The average molecular weight is 282 g/mol. The molecule has 4 nitrogen and oxygen atoms in total. The molecule has 0 aromatic heterocycles. The van der Waals surface area contributed by atoms with Gasteiger partial charge in [-0.3, -0.25) is 4.79 Å². The highest BCUT2D eigenvalue weighted by atomic mass is 16.5. The van der Waals surface area contributed by atoms with E-state index < -0.39 is 22.6 Å². The topological polar surface area (TPSA) is 66.8 Å². The van der Waals surface area contributed by atoms with Crippen LogP contribution in [0.1, 0.15) is 58.8 Å². The molecule has 114 valence electrons. The van der Waals surface area contributed by atoms with Crippen LogP contribution in [0.4, 0.5) is 0 Å². The number of hydrogen-bond acceptors (Lipinski definition) is 3. The van der Waals surface area contributed by atoms with Gasteiger partial charge >= 0.3 is 5.97 Å². The van der Waals surface area contributed by atoms with Crippen molar-refractivity contribution < 1.29 is 19.7 Å². The number of carboxylic acids is 1. The summed E-state index contributed by atoms with van der Waals surface area (Å²) in [6.07, 6.45) is 6.02. The van der Waals surface area contributed by atoms with E-state index in [1.54, 1.807) is 0 Å². The molecule has 2 saturated carbocycles. The highest BCUT2D eigenvalue weighted by molar-refractivity contribution is 5.78. The molecular formula is C16H26O4. The minimum Gasteiger partial charge on any atom is -0.481 e. The Labute approximate surface area is 120 Å². The Morgan fingerprint density at radius 1 is 1.20 bits per heavy atom. The number of hydrogen-bond donors (Lipinski definition) is 2. The van der Waals surface area contributed by atoms with Gasteiger partial charge in [0.15, 0.2) is 0 Å². The lowest BCUT2D eigenvalue weighted by Crippen LogP contribution is -2.59. The first kappa shape index (κ1) is 14.3. The van der Waals surface area contributed by atoms with Crippen molar-refractivity contribution in [2.75, 3.05) is 6.61 Å². The van der Waals surface area contributed by atoms with Crippen LogP contribution in [0.5, 0.6) is 0 Å². The molecule has 0 radical (unpaired) electrons. The fourth-order valence-electron chi connectivity index (χ4n) is 5.62. The van der Waals surface area contributed by atoms with Crippen LogP contribution in [-0.2, 0) is 9.53 Å². The number of carbonyl (C=O) groups is 1. The lowest BCUT2D eigenvalue weighted by molar-refractivity contribution is -0.208. The Hall–Kier alpha value is -0.610. The van der Waals surface area contributed by atoms with Crippen molar-refractivity contribution in [3.05, 3.63) is 0 Å². The first-order valence-corrected chi connectivity index (χ1v) is 7.97. The van der Waals surface area contributed by atoms with Gasteiger partial charge in [-0.1, -0.05) is 20.3 Å². The van der Waals surface area contributed by atoms with Crippen LogP contribution in [0.15, 0.2) is 0 Å². The molecule has 4 heteroatoms. The number of aliphatic carboxylic acids is 1. The lowest BCUT2D eigenvalue weighted by Gasteiger charge is -2.52. The summed E-state index contributed by atoms with van der Waals surface area (Å²) < 4.78 is 6.51. The molecule has 1 heterocycles. The molecular weight excluding hydrogens is 256 g/mol. The maximum Gasteiger partial charge on any atom is 0.312 e. The van der Waals surface area contributed by atoms with E-state index in [2.05, 4.69) is 13.8 Å². The number of aliphatic hydroxyl groups is 1. The van der Waals surface area contributed by atoms with Gasteiger partial charge in [0.05, 0.1) is 17.8 Å². The summed E-state index contributed by atoms with van der Waals surface area (Å²) in [6, 6.07) is 0. The zero-order valence-corrected chi connectivity index (χ0v) is 12.5. The van der Waals surface area contributed by atoms with E-state index >= 15 is 0 Å². The summed E-state index contributed by atoms with van der Waals surface area (Å²) in [5.41, 5.74) is -2.00. The second-order valence-corrected chi connectivity index (χ2v) is 7.39. The number of ether oxygens (including phenoxy) is 1. The SMILES string of the molecule is C[C@@H]1CCC[C@@H](C)C12O[C@]1(CO)CCC[C@@]2(C(=O)O)C1. The van der Waals surface area contributed by atoms with Gasteiger partial charge in [-0.2, -0.15) is 0 Å². The standard InChI is InChI=1S/C16H26O4/c1-11-5-3-6-12(2)16(11)15(13(18)19)8-4-7-14(9-15,10-17)20-16/h11-12,17H,3-10H2,1-2H3,(H,18,19)/t11-,12-,14-,15+/m1/s1. The molecule has 1 spiro atoms. The van der Waals surface area contributed by atoms with Gasteiger partial charge in [0, 0.05) is 0 Å². The molecule has 0 aromatic rings. The first-order valence-electron chi connectivity index (χ1n) is 7.97. The van der Waals surface area contributed by atoms with E-state index in [4.69, 9.17) is 4.74 Å². The van der Waals surface area contributed by atoms with E-state index in [9.17, 15) is 15.0 Å². The number of carboxylic acid groups (broad SMARTS) is 1. The molecule has 2 N–H and O–H groups in total. The lowest BCUT2D eigenvalue weighted by atomic mass is 9.53. The molecule has 2 aliphatic carbocycles. The molecule has 20 heavy (non-hydrogen) atoms. The van der Waals surface area contributed by atoms with Crippen molar-refractivity contribution in [1.82, 2.24) is 0 Å². The minimum atomic E-state index is -0.798. The maximum atomic E-state index is 12.2. The fraction of sp³-hybridized carbons (Fsp3) is 0.938. The van der Waals surface area contributed by atoms with Crippen LogP contribution in [0.25, 0.3) is 0 Å². The molecule has 2 bridgehead atoms. The van der Waals surface area contributed by atoms with Gasteiger partial charge in [-0.15, -0.1) is 0 Å². The van der Waals surface area contributed by atoms with E-state index in [1.165, 1.54) is 0 Å². The first-order chi connectivity index (χ1) is 9.42. The summed E-state index contributed by atoms with van der Waals surface area (Å²) >= 11 is 0. The molecule has 0 unspecified atom stereocenters. The van der Waals surface area contributed by atoms with Crippen molar-refractivity contribution in [2.24, 2.45) is 17.3 Å². The number of fused-ring (bicyclic) bond motifs is 3. The Morgan fingerprint density at radius 3 is 2.40 bits per heavy atom. The van der Waals surface area contributed by atoms with Gasteiger partial charge in [0.2, 0.25) is 0 Å². The second kappa shape index (κ2) is 4.44. The summed E-state index contributed by atoms with van der Waals surface area (Å²) in [7, 11) is 0. The Bertz CT molecular complexity index is 411. The minimum absolute atomic E-state index is 0.0524. The monoisotopic (exact) mass is 282 g/mol. The van der Waals surface area contributed by atoms with Crippen molar-refractivity contribution in [1.29, 1.82) is 0 Å². The summed E-state index contributed by atoms with van der Waals surface area (Å²) in [5.74, 6) is -0.226. The van der Waals surface area contributed by atoms with Gasteiger partial charge < -0.3 is 14.9 Å². The Kier molecular flexibility index (Phi) is 3.18. The van der Waals surface area contributed by atoms with E-state index in [0.29, 0.717) is 12.8 Å². The molecule has 3 rings (SSSR count). The zero-order valence-electron chi connectivity index (χ0n) is 12.5. The average Bonchev–Trinajstić information content (AvgIpc) is 2.64. The van der Waals surface area contributed by atoms with Crippen LogP contribution in [0, 0.1) is 17.3 Å². The molecule has 3 aliphatic rings. The normalized spacial score (nSPS) is 46.5. The predicted molar refractivity (Wildman–Crippen MR) is 74.3 cm³/mol. The van der Waals surface area contributed by atoms with Gasteiger partial charge in [-0.05, 0) is 50.4 Å². The fourth-order valence-corrected chi connectivity index (χ4v) is 5.62. The molecule has 1 aliphatic heterocycles. The highest BCUT2D eigenvalue weighted by Gasteiger charge is 2.73. The zero-order chi connectivity index (χ0) is 14.6. The van der Waals surface area contributed by atoms with Crippen molar-refractivity contribution in [2.45, 2.75) is 70.0 Å². The highest BCUT2D eigenvalue weighted by Crippen LogP contribution is 2.66.